The SMILES string of the molecule is CCn1cncc1COc1ccc(CNC(C)C)cc1Cl. The molecule has 2 rings (SSSR count). The summed E-state index contributed by atoms with van der Waals surface area (Å²) in [6.45, 7) is 8.48. The lowest BCUT2D eigenvalue weighted by Crippen LogP contribution is -2.21. The van der Waals surface area contributed by atoms with Crippen LogP contribution in [0.3, 0.4) is 0 Å². The van der Waals surface area contributed by atoms with Crippen molar-refractivity contribution < 1.29 is 4.74 Å². The Morgan fingerprint density at radius 1 is 1.38 bits per heavy atom. The van der Waals surface area contributed by atoms with Crippen molar-refractivity contribution in [2.24, 2.45) is 0 Å². The van der Waals surface area contributed by atoms with Gasteiger partial charge in [-0.2, -0.15) is 0 Å². The number of aryl methyl sites for hydroxylation is 1. The molecule has 0 aliphatic rings. The van der Waals surface area contributed by atoms with Crippen LogP contribution in [0.2, 0.25) is 5.02 Å². The Bertz CT molecular complexity index is 581. The normalized spacial score (nSPS) is 11.1. The summed E-state index contributed by atoms with van der Waals surface area (Å²) in [6, 6.07) is 6.36. The summed E-state index contributed by atoms with van der Waals surface area (Å²) in [4.78, 5) is 4.12. The van der Waals surface area contributed by atoms with Gasteiger partial charge in [-0.15, -0.1) is 0 Å². The van der Waals surface area contributed by atoms with E-state index in [1.165, 1.54) is 0 Å². The summed E-state index contributed by atoms with van der Waals surface area (Å²) in [7, 11) is 0. The van der Waals surface area contributed by atoms with Crippen LogP contribution in [0, 0.1) is 0 Å². The maximum atomic E-state index is 6.28. The van der Waals surface area contributed by atoms with E-state index >= 15 is 0 Å². The van der Waals surface area contributed by atoms with Gasteiger partial charge in [0.2, 0.25) is 0 Å². The highest BCUT2D eigenvalue weighted by atomic mass is 35.5. The minimum absolute atomic E-state index is 0.453. The fraction of sp³-hybridized carbons (Fsp3) is 0.438. The maximum Gasteiger partial charge on any atom is 0.138 e. The average Bonchev–Trinajstić information content (AvgIpc) is 2.91. The third-order valence-electron chi connectivity index (χ3n) is 3.23. The van der Waals surface area contributed by atoms with E-state index in [-0.39, 0.29) is 0 Å². The van der Waals surface area contributed by atoms with Gasteiger partial charge in [0, 0.05) is 19.1 Å². The molecule has 0 saturated carbocycles. The molecule has 114 valence electrons. The number of rotatable bonds is 7. The lowest BCUT2D eigenvalue weighted by atomic mass is 10.2. The molecule has 0 aliphatic carbocycles. The molecule has 21 heavy (non-hydrogen) atoms. The topological polar surface area (TPSA) is 39.1 Å². The largest absolute Gasteiger partial charge is 0.486 e. The number of nitrogens with one attached hydrogen (secondary N) is 1. The van der Waals surface area contributed by atoms with Crippen molar-refractivity contribution in [3.05, 3.63) is 47.0 Å². The second kappa shape index (κ2) is 7.48. The number of ether oxygens (including phenoxy) is 1. The Hall–Kier alpha value is -1.52. The number of aromatic nitrogens is 2. The predicted molar refractivity (Wildman–Crippen MR) is 85.7 cm³/mol. The van der Waals surface area contributed by atoms with Crippen molar-refractivity contribution in [3.8, 4) is 5.75 Å². The summed E-state index contributed by atoms with van der Waals surface area (Å²) >= 11 is 6.28. The van der Waals surface area contributed by atoms with Gasteiger partial charge in [0.05, 0.1) is 23.2 Å². The minimum atomic E-state index is 0.453. The second-order valence-electron chi connectivity index (χ2n) is 5.26. The molecule has 1 aromatic carbocycles. The molecule has 2 aromatic rings. The Morgan fingerprint density at radius 2 is 2.19 bits per heavy atom. The number of benzene rings is 1. The van der Waals surface area contributed by atoms with E-state index in [0.29, 0.717) is 23.4 Å². The molecule has 1 heterocycles. The highest BCUT2D eigenvalue weighted by Gasteiger charge is 2.06. The van der Waals surface area contributed by atoms with E-state index in [4.69, 9.17) is 16.3 Å². The quantitative estimate of drug-likeness (QED) is 0.849. The van der Waals surface area contributed by atoms with E-state index < -0.39 is 0 Å². The van der Waals surface area contributed by atoms with Crippen molar-refractivity contribution in [1.29, 1.82) is 0 Å². The van der Waals surface area contributed by atoms with E-state index in [0.717, 1.165) is 24.3 Å². The molecule has 1 N–H and O–H groups in total. The Kier molecular flexibility index (Phi) is 5.65. The first-order valence-electron chi connectivity index (χ1n) is 7.23. The second-order valence-corrected chi connectivity index (χ2v) is 5.67. The number of halogens is 1. The average molecular weight is 308 g/mol. The molecule has 0 amide bonds. The molecule has 0 bridgehead atoms. The van der Waals surface area contributed by atoms with Crippen LogP contribution in [-0.4, -0.2) is 15.6 Å². The summed E-state index contributed by atoms with van der Waals surface area (Å²) in [5, 5.41) is 4.01. The molecule has 5 heteroatoms. The van der Waals surface area contributed by atoms with Crippen LogP contribution in [0.4, 0.5) is 0 Å². The molecule has 4 nitrogen and oxygen atoms in total. The van der Waals surface area contributed by atoms with Crippen LogP contribution in [0.15, 0.2) is 30.7 Å². The molecule has 0 unspecified atom stereocenters. The summed E-state index contributed by atoms with van der Waals surface area (Å²) in [6.07, 6.45) is 3.62. The fourth-order valence-corrected chi connectivity index (χ4v) is 2.26. The number of hydrogen-bond acceptors (Lipinski definition) is 3. The van der Waals surface area contributed by atoms with Crippen LogP contribution < -0.4 is 10.1 Å². The van der Waals surface area contributed by atoms with Gasteiger partial charge in [-0.05, 0) is 24.6 Å². The van der Waals surface area contributed by atoms with Crippen molar-refractivity contribution in [1.82, 2.24) is 14.9 Å². The van der Waals surface area contributed by atoms with Crippen LogP contribution in [0.1, 0.15) is 32.0 Å². The van der Waals surface area contributed by atoms with Crippen LogP contribution in [0.5, 0.6) is 5.75 Å². The van der Waals surface area contributed by atoms with E-state index in [9.17, 15) is 0 Å². The Labute approximate surface area is 131 Å². The Morgan fingerprint density at radius 3 is 2.86 bits per heavy atom. The molecule has 0 saturated heterocycles. The van der Waals surface area contributed by atoms with Gasteiger partial charge in [0.25, 0.3) is 0 Å². The van der Waals surface area contributed by atoms with Gasteiger partial charge < -0.3 is 14.6 Å². The number of nitrogens with zero attached hydrogens (tertiary/aromatic N) is 2. The molecule has 0 fully saturated rings. The lowest BCUT2D eigenvalue weighted by Gasteiger charge is -2.12. The van der Waals surface area contributed by atoms with E-state index in [1.54, 1.807) is 6.33 Å². The molecule has 0 atom stereocenters. The van der Waals surface area contributed by atoms with E-state index in [2.05, 4.69) is 35.6 Å². The number of hydrogen-bond donors (Lipinski definition) is 1. The van der Waals surface area contributed by atoms with Crippen molar-refractivity contribution >= 4 is 11.6 Å². The highest BCUT2D eigenvalue weighted by Crippen LogP contribution is 2.26. The van der Waals surface area contributed by atoms with Gasteiger partial charge in [-0.3, -0.25) is 0 Å². The summed E-state index contributed by atoms with van der Waals surface area (Å²) in [5.74, 6) is 0.703. The minimum Gasteiger partial charge on any atom is -0.486 e. The first-order valence-corrected chi connectivity index (χ1v) is 7.61. The van der Waals surface area contributed by atoms with Crippen LogP contribution in [-0.2, 0) is 19.7 Å². The Balaban J connectivity index is 1.97. The maximum absolute atomic E-state index is 6.28. The van der Waals surface area contributed by atoms with Gasteiger partial charge >= 0.3 is 0 Å². The van der Waals surface area contributed by atoms with Gasteiger partial charge in [-0.1, -0.05) is 31.5 Å². The molecular formula is C16H22ClN3O. The van der Waals surface area contributed by atoms with Crippen molar-refractivity contribution in [3.63, 3.8) is 0 Å². The molecule has 0 spiro atoms. The highest BCUT2D eigenvalue weighted by molar-refractivity contribution is 6.32. The lowest BCUT2D eigenvalue weighted by molar-refractivity contribution is 0.295. The summed E-state index contributed by atoms with van der Waals surface area (Å²) in [5.41, 5.74) is 2.19. The molecular weight excluding hydrogens is 286 g/mol. The third kappa shape index (κ3) is 4.48. The van der Waals surface area contributed by atoms with Gasteiger partial charge in [0.15, 0.2) is 0 Å². The standard InChI is InChI=1S/C16H22ClN3O/c1-4-20-11-18-9-14(20)10-21-16-6-5-13(7-15(16)17)8-19-12(2)3/h5-7,9,11-12,19H,4,8,10H2,1-3H3. The molecule has 0 radical (unpaired) electrons. The first kappa shape index (κ1) is 15.9. The van der Waals surface area contributed by atoms with Crippen molar-refractivity contribution in [2.45, 2.75) is 46.5 Å². The zero-order valence-corrected chi connectivity index (χ0v) is 13.5. The zero-order chi connectivity index (χ0) is 15.2. The fourth-order valence-electron chi connectivity index (χ4n) is 2.00. The molecule has 0 aliphatic heterocycles. The van der Waals surface area contributed by atoms with Crippen LogP contribution in [0.25, 0.3) is 0 Å². The third-order valence-corrected chi connectivity index (χ3v) is 3.52. The zero-order valence-electron chi connectivity index (χ0n) is 12.8. The first-order chi connectivity index (χ1) is 10.1. The molecule has 1 aromatic heterocycles. The number of imidazole rings is 1. The predicted octanol–water partition coefficient (Wildman–Crippen LogP) is 3.63. The van der Waals surface area contributed by atoms with Gasteiger partial charge in [0.1, 0.15) is 12.4 Å². The van der Waals surface area contributed by atoms with Crippen LogP contribution >= 0.6 is 11.6 Å². The van der Waals surface area contributed by atoms with Crippen molar-refractivity contribution in [2.75, 3.05) is 0 Å². The smallest absolute Gasteiger partial charge is 0.138 e. The van der Waals surface area contributed by atoms with Gasteiger partial charge in [-0.25, -0.2) is 4.98 Å². The summed E-state index contributed by atoms with van der Waals surface area (Å²) < 4.78 is 7.84. The van der Waals surface area contributed by atoms with E-state index in [1.807, 2.05) is 24.4 Å². The monoisotopic (exact) mass is 307 g/mol.